The fourth-order valence-corrected chi connectivity index (χ4v) is 2.82. The van der Waals surface area contributed by atoms with E-state index in [-0.39, 0.29) is 11.4 Å². The highest BCUT2D eigenvalue weighted by Gasteiger charge is 2.18. The second kappa shape index (κ2) is 6.01. The van der Waals surface area contributed by atoms with Crippen molar-refractivity contribution >= 4 is 28.1 Å². The van der Waals surface area contributed by atoms with Gasteiger partial charge in [0.1, 0.15) is 5.69 Å². The minimum Gasteiger partial charge on any atom is -0.340 e. The Labute approximate surface area is 135 Å². The molecule has 0 aliphatic heterocycles. The Morgan fingerprint density at radius 2 is 2.09 bits per heavy atom. The summed E-state index contributed by atoms with van der Waals surface area (Å²) in [7, 11) is 1.58. The molecule has 116 valence electrons. The minimum absolute atomic E-state index is 0.123. The Kier molecular flexibility index (Phi) is 3.90. The maximum atomic E-state index is 12.2. The number of carbonyl (C=O) groups is 1. The van der Waals surface area contributed by atoms with E-state index in [1.165, 1.54) is 28.2 Å². The van der Waals surface area contributed by atoms with Crippen LogP contribution in [0.5, 0.6) is 0 Å². The standard InChI is InChI=1S/C15H12N4O3S/c1-18-8-11(19(21)22)7-13(18)14(20)17-15-16-12(9-23-15)10-5-3-2-4-6-10/h2-9H,1H3,(H,16,17,20). The Morgan fingerprint density at radius 1 is 1.35 bits per heavy atom. The molecule has 8 heteroatoms. The first-order valence-corrected chi connectivity index (χ1v) is 7.55. The summed E-state index contributed by atoms with van der Waals surface area (Å²) >= 11 is 1.30. The van der Waals surface area contributed by atoms with Crippen LogP contribution in [0, 0.1) is 10.1 Å². The van der Waals surface area contributed by atoms with Gasteiger partial charge in [0.2, 0.25) is 0 Å². The van der Waals surface area contributed by atoms with E-state index in [1.807, 2.05) is 35.7 Å². The molecule has 0 spiro atoms. The van der Waals surface area contributed by atoms with Crippen molar-refractivity contribution in [1.82, 2.24) is 9.55 Å². The van der Waals surface area contributed by atoms with E-state index in [0.717, 1.165) is 11.3 Å². The zero-order valence-corrected chi connectivity index (χ0v) is 12.9. The average Bonchev–Trinajstić information content (AvgIpc) is 3.15. The van der Waals surface area contributed by atoms with E-state index in [9.17, 15) is 14.9 Å². The van der Waals surface area contributed by atoms with Gasteiger partial charge in [-0.2, -0.15) is 0 Å². The number of benzene rings is 1. The third-order valence-electron chi connectivity index (χ3n) is 3.23. The van der Waals surface area contributed by atoms with Gasteiger partial charge in [0.05, 0.1) is 16.8 Å². The van der Waals surface area contributed by atoms with Crippen LogP contribution in [0.25, 0.3) is 11.3 Å². The summed E-state index contributed by atoms with van der Waals surface area (Å²) in [5.41, 5.74) is 1.80. The van der Waals surface area contributed by atoms with Gasteiger partial charge in [-0.3, -0.25) is 20.2 Å². The van der Waals surface area contributed by atoms with Crippen LogP contribution in [0.3, 0.4) is 0 Å². The largest absolute Gasteiger partial charge is 0.340 e. The van der Waals surface area contributed by atoms with Crippen LogP contribution in [0.1, 0.15) is 10.5 Å². The third kappa shape index (κ3) is 3.11. The van der Waals surface area contributed by atoms with Crippen LogP contribution >= 0.6 is 11.3 Å². The van der Waals surface area contributed by atoms with Gasteiger partial charge < -0.3 is 4.57 Å². The van der Waals surface area contributed by atoms with Crippen molar-refractivity contribution in [3.8, 4) is 11.3 Å². The number of hydrogen-bond acceptors (Lipinski definition) is 5. The van der Waals surface area contributed by atoms with Crippen LogP contribution in [-0.2, 0) is 7.05 Å². The van der Waals surface area contributed by atoms with Crippen molar-refractivity contribution in [2.75, 3.05) is 5.32 Å². The fourth-order valence-electron chi connectivity index (χ4n) is 2.11. The number of nitrogens with one attached hydrogen (secondary N) is 1. The van der Waals surface area contributed by atoms with Crippen molar-refractivity contribution in [1.29, 1.82) is 0 Å². The van der Waals surface area contributed by atoms with Crippen LogP contribution < -0.4 is 5.32 Å². The fraction of sp³-hybridized carbons (Fsp3) is 0.0667. The summed E-state index contributed by atoms with van der Waals surface area (Å²) in [6.07, 6.45) is 1.30. The number of aromatic nitrogens is 2. The lowest BCUT2D eigenvalue weighted by atomic mass is 10.2. The number of nitrogens with zero attached hydrogens (tertiary/aromatic N) is 3. The molecule has 0 radical (unpaired) electrons. The van der Waals surface area contributed by atoms with Gasteiger partial charge in [-0.1, -0.05) is 30.3 Å². The topological polar surface area (TPSA) is 90.1 Å². The molecular formula is C15H12N4O3S. The van der Waals surface area contributed by atoms with Crippen LogP contribution in [0.4, 0.5) is 10.8 Å². The second-order valence-electron chi connectivity index (χ2n) is 4.81. The Morgan fingerprint density at radius 3 is 2.74 bits per heavy atom. The SMILES string of the molecule is Cn1cc([N+](=O)[O-])cc1C(=O)Nc1nc(-c2ccccc2)cs1. The predicted octanol–water partition coefficient (Wildman–Crippen LogP) is 3.31. The van der Waals surface area contributed by atoms with Gasteiger partial charge in [0, 0.05) is 24.1 Å². The number of anilines is 1. The Hall–Kier alpha value is -3.00. The van der Waals surface area contributed by atoms with Gasteiger partial charge in [-0.05, 0) is 0 Å². The molecule has 2 aromatic heterocycles. The zero-order valence-electron chi connectivity index (χ0n) is 12.1. The van der Waals surface area contributed by atoms with E-state index in [1.54, 1.807) is 7.05 Å². The van der Waals surface area contributed by atoms with Crippen molar-refractivity contribution in [2.45, 2.75) is 0 Å². The van der Waals surface area contributed by atoms with Crippen molar-refractivity contribution < 1.29 is 9.72 Å². The molecule has 0 unspecified atom stereocenters. The van der Waals surface area contributed by atoms with Crippen LogP contribution in [0.15, 0.2) is 48.0 Å². The molecule has 0 fully saturated rings. The molecule has 3 rings (SSSR count). The van der Waals surface area contributed by atoms with Gasteiger partial charge in [0.15, 0.2) is 5.13 Å². The number of amides is 1. The molecule has 1 N–H and O–H groups in total. The van der Waals surface area contributed by atoms with Gasteiger partial charge in [0.25, 0.3) is 11.6 Å². The number of rotatable bonds is 4. The van der Waals surface area contributed by atoms with E-state index in [2.05, 4.69) is 10.3 Å². The number of carbonyl (C=O) groups excluding carboxylic acids is 1. The van der Waals surface area contributed by atoms with Crippen molar-refractivity contribution in [3.63, 3.8) is 0 Å². The quantitative estimate of drug-likeness (QED) is 0.587. The maximum Gasteiger partial charge on any atom is 0.287 e. The smallest absolute Gasteiger partial charge is 0.287 e. The molecule has 3 aromatic rings. The molecule has 0 bridgehead atoms. The molecule has 23 heavy (non-hydrogen) atoms. The number of thiazole rings is 1. The summed E-state index contributed by atoms with van der Waals surface area (Å²) < 4.78 is 1.42. The Balaban J connectivity index is 1.79. The predicted molar refractivity (Wildman–Crippen MR) is 87.6 cm³/mol. The van der Waals surface area contributed by atoms with Gasteiger partial charge in [-0.25, -0.2) is 4.98 Å². The first-order valence-electron chi connectivity index (χ1n) is 6.67. The van der Waals surface area contributed by atoms with Crippen LogP contribution in [-0.4, -0.2) is 20.4 Å². The number of hydrogen-bond donors (Lipinski definition) is 1. The van der Waals surface area contributed by atoms with E-state index in [0.29, 0.717) is 5.13 Å². The first kappa shape index (κ1) is 14.9. The van der Waals surface area contributed by atoms with Gasteiger partial charge in [-0.15, -0.1) is 11.3 Å². The summed E-state index contributed by atoms with van der Waals surface area (Å²) in [5, 5.41) is 15.7. The summed E-state index contributed by atoms with van der Waals surface area (Å²) in [6, 6.07) is 10.8. The maximum absolute atomic E-state index is 12.2. The summed E-state index contributed by atoms with van der Waals surface area (Å²) in [4.78, 5) is 26.8. The highest BCUT2D eigenvalue weighted by molar-refractivity contribution is 7.14. The molecule has 0 aliphatic carbocycles. The second-order valence-corrected chi connectivity index (χ2v) is 5.67. The lowest BCUT2D eigenvalue weighted by Crippen LogP contribution is -2.15. The zero-order chi connectivity index (χ0) is 16.4. The molecule has 7 nitrogen and oxygen atoms in total. The third-order valence-corrected chi connectivity index (χ3v) is 3.99. The van der Waals surface area contributed by atoms with E-state index in [4.69, 9.17) is 0 Å². The van der Waals surface area contributed by atoms with Crippen molar-refractivity contribution in [3.05, 3.63) is 63.8 Å². The molecule has 1 amide bonds. The molecular weight excluding hydrogens is 316 g/mol. The van der Waals surface area contributed by atoms with E-state index < -0.39 is 10.8 Å². The lowest BCUT2D eigenvalue weighted by molar-refractivity contribution is -0.384. The lowest BCUT2D eigenvalue weighted by Gasteiger charge is -2.02. The van der Waals surface area contributed by atoms with Crippen molar-refractivity contribution in [2.24, 2.45) is 7.05 Å². The molecule has 2 heterocycles. The molecule has 0 saturated heterocycles. The highest BCUT2D eigenvalue weighted by Crippen LogP contribution is 2.25. The Bertz CT molecular complexity index is 870. The molecule has 0 atom stereocenters. The van der Waals surface area contributed by atoms with Crippen LogP contribution in [0.2, 0.25) is 0 Å². The molecule has 1 aromatic carbocycles. The monoisotopic (exact) mass is 328 g/mol. The van der Waals surface area contributed by atoms with Gasteiger partial charge >= 0.3 is 0 Å². The molecule has 0 saturated carbocycles. The average molecular weight is 328 g/mol. The summed E-state index contributed by atoms with van der Waals surface area (Å²) in [5.74, 6) is -0.436. The number of nitro groups is 1. The highest BCUT2D eigenvalue weighted by atomic mass is 32.1. The summed E-state index contributed by atoms with van der Waals surface area (Å²) in [6.45, 7) is 0. The van der Waals surface area contributed by atoms with E-state index >= 15 is 0 Å². The first-order chi connectivity index (χ1) is 11.0. The number of aryl methyl sites for hydroxylation is 1. The minimum atomic E-state index is -0.534. The molecule has 0 aliphatic rings. The normalized spacial score (nSPS) is 10.5.